The van der Waals surface area contributed by atoms with Crippen LogP contribution in [0.25, 0.3) is 10.1 Å². The molecule has 6 heteroatoms. The molecule has 0 aliphatic carbocycles. The molecule has 0 saturated heterocycles. The van der Waals surface area contributed by atoms with E-state index in [4.69, 9.17) is 5.11 Å². The number of thiophene rings is 1. The van der Waals surface area contributed by atoms with Gasteiger partial charge < -0.3 is 10.4 Å². The van der Waals surface area contributed by atoms with Gasteiger partial charge in [0, 0.05) is 17.2 Å². The molecule has 1 aromatic heterocycles. The van der Waals surface area contributed by atoms with E-state index in [2.05, 4.69) is 5.32 Å². The van der Waals surface area contributed by atoms with Crippen molar-refractivity contribution in [3.8, 4) is 0 Å². The summed E-state index contributed by atoms with van der Waals surface area (Å²) in [7, 11) is 0. The second kappa shape index (κ2) is 6.67. The number of carboxylic acid groups (broad SMARTS) is 1. The first kappa shape index (κ1) is 15.4. The summed E-state index contributed by atoms with van der Waals surface area (Å²) >= 11 is 1.31. The van der Waals surface area contributed by atoms with Crippen molar-refractivity contribution in [3.63, 3.8) is 0 Å². The topological polar surface area (TPSA) is 66.4 Å². The van der Waals surface area contributed by atoms with Crippen molar-refractivity contribution in [2.75, 3.05) is 0 Å². The molecule has 4 nitrogen and oxygen atoms in total. The maximum Gasteiger partial charge on any atom is 0.303 e. The molecule has 0 fully saturated rings. The summed E-state index contributed by atoms with van der Waals surface area (Å²) in [5.74, 6) is -1.37. The largest absolute Gasteiger partial charge is 0.481 e. The van der Waals surface area contributed by atoms with Gasteiger partial charge in [-0.1, -0.05) is 0 Å². The SMILES string of the molecule is CC(CCCC(=O)O)NC(=O)c1cc2cc(F)ccc2s1. The third kappa shape index (κ3) is 4.26. The number of benzene rings is 1. The molecule has 0 aliphatic heterocycles. The molecule has 21 heavy (non-hydrogen) atoms. The van der Waals surface area contributed by atoms with E-state index in [1.54, 1.807) is 12.1 Å². The van der Waals surface area contributed by atoms with Gasteiger partial charge in [-0.25, -0.2) is 4.39 Å². The molecular formula is C15H16FNO3S. The predicted octanol–water partition coefficient (Wildman–Crippen LogP) is 3.41. The lowest BCUT2D eigenvalue weighted by Crippen LogP contribution is -2.32. The van der Waals surface area contributed by atoms with Gasteiger partial charge in [-0.2, -0.15) is 0 Å². The molecule has 1 aromatic carbocycles. The molecule has 2 rings (SSSR count). The van der Waals surface area contributed by atoms with Crippen LogP contribution in [-0.2, 0) is 4.79 Å². The Kier molecular flexibility index (Phi) is 4.90. The number of carboxylic acids is 1. The minimum Gasteiger partial charge on any atom is -0.481 e. The molecule has 2 N–H and O–H groups in total. The van der Waals surface area contributed by atoms with E-state index in [1.165, 1.54) is 23.5 Å². The van der Waals surface area contributed by atoms with Crippen LogP contribution in [0.1, 0.15) is 35.9 Å². The predicted molar refractivity (Wildman–Crippen MR) is 80.2 cm³/mol. The Hall–Kier alpha value is -1.95. The zero-order chi connectivity index (χ0) is 15.4. The number of nitrogens with one attached hydrogen (secondary N) is 1. The monoisotopic (exact) mass is 309 g/mol. The first-order chi connectivity index (χ1) is 9.95. The Morgan fingerprint density at radius 1 is 1.38 bits per heavy atom. The standard InChI is InChI=1S/C15H16FNO3S/c1-9(3-2-4-14(18)19)17-15(20)13-8-10-7-11(16)5-6-12(10)21-13/h5-9H,2-4H2,1H3,(H,17,20)(H,18,19). The molecule has 0 saturated carbocycles. The van der Waals surface area contributed by atoms with Crippen LogP contribution in [0.5, 0.6) is 0 Å². The lowest BCUT2D eigenvalue weighted by molar-refractivity contribution is -0.137. The number of fused-ring (bicyclic) bond motifs is 1. The van der Waals surface area contributed by atoms with Crippen LogP contribution in [-0.4, -0.2) is 23.0 Å². The van der Waals surface area contributed by atoms with Crippen LogP contribution in [0.4, 0.5) is 4.39 Å². The molecule has 0 aliphatic rings. The first-order valence-corrected chi connectivity index (χ1v) is 7.49. The highest BCUT2D eigenvalue weighted by atomic mass is 32.1. The lowest BCUT2D eigenvalue weighted by atomic mass is 10.1. The van der Waals surface area contributed by atoms with E-state index in [-0.39, 0.29) is 24.2 Å². The Morgan fingerprint density at radius 2 is 2.14 bits per heavy atom. The van der Waals surface area contributed by atoms with Crippen molar-refractivity contribution in [1.29, 1.82) is 0 Å². The number of carbonyl (C=O) groups excluding carboxylic acids is 1. The fraction of sp³-hybridized carbons (Fsp3) is 0.333. The van der Waals surface area contributed by atoms with Gasteiger partial charge in [-0.15, -0.1) is 11.3 Å². The summed E-state index contributed by atoms with van der Waals surface area (Å²) < 4.78 is 14.0. The van der Waals surface area contributed by atoms with Gasteiger partial charge in [0.05, 0.1) is 4.88 Å². The number of hydrogen-bond acceptors (Lipinski definition) is 3. The van der Waals surface area contributed by atoms with Gasteiger partial charge in [0.2, 0.25) is 0 Å². The van der Waals surface area contributed by atoms with Gasteiger partial charge in [0.15, 0.2) is 0 Å². The summed E-state index contributed by atoms with van der Waals surface area (Å²) in [6.45, 7) is 1.84. The van der Waals surface area contributed by atoms with Crippen LogP contribution in [0, 0.1) is 5.82 Å². The number of aliphatic carboxylic acids is 1. The summed E-state index contributed by atoms with van der Waals surface area (Å²) in [5, 5.41) is 12.1. The number of hydrogen-bond donors (Lipinski definition) is 2. The highest BCUT2D eigenvalue weighted by molar-refractivity contribution is 7.20. The Labute approximate surface area is 125 Å². The van der Waals surface area contributed by atoms with Crippen LogP contribution in [0.2, 0.25) is 0 Å². The van der Waals surface area contributed by atoms with E-state index in [0.717, 1.165) is 4.70 Å². The van der Waals surface area contributed by atoms with Gasteiger partial charge >= 0.3 is 5.97 Å². The Morgan fingerprint density at radius 3 is 2.86 bits per heavy atom. The van der Waals surface area contributed by atoms with E-state index in [0.29, 0.717) is 23.1 Å². The smallest absolute Gasteiger partial charge is 0.303 e. The maximum atomic E-state index is 13.1. The molecule has 112 valence electrons. The second-order valence-corrected chi connectivity index (χ2v) is 6.04. The molecule has 0 bridgehead atoms. The highest BCUT2D eigenvalue weighted by Crippen LogP contribution is 2.26. The summed E-state index contributed by atoms with van der Waals surface area (Å²) in [6.07, 6.45) is 1.23. The van der Waals surface area contributed by atoms with Crippen LogP contribution >= 0.6 is 11.3 Å². The Bertz CT molecular complexity index is 668. The molecular weight excluding hydrogens is 293 g/mol. The number of amides is 1. The molecule has 1 heterocycles. The summed E-state index contributed by atoms with van der Waals surface area (Å²) in [5.41, 5.74) is 0. The van der Waals surface area contributed by atoms with Crippen molar-refractivity contribution in [2.45, 2.75) is 32.2 Å². The third-order valence-electron chi connectivity index (χ3n) is 3.11. The normalized spacial score (nSPS) is 12.3. The maximum absolute atomic E-state index is 13.1. The van der Waals surface area contributed by atoms with Crippen molar-refractivity contribution < 1.29 is 19.1 Å². The van der Waals surface area contributed by atoms with Crippen molar-refractivity contribution in [3.05, 3.63) is 35.0 Å². The van der Waals surface area contributed by atoms with Crippen molar-refractivity contribution in [2.24, 2.45) is 0 Å². The summed E-state index contributed by atoms with van der Waals surface area (Å²) in [4.78, 5) is 23.1. The Balaban J connectivity index is 1.96. The minimum atomic E-state index is -0.833. The van der Waals surface area contributed by atoms with E-state index < -0.39 is 5.97 Å². The average molecular weight is 309 g/mol. The fourth-order valence-electron chi connectivity index (χ4n) is 2.05. The van der Waals surface area contributed by atoms with Gasteiger partial charge in [-0.3, -0.25) is 9.59 Å². The van der Waals surface area contributed by atoms with Gasteiger partial charge in [0.25, 0.3) is 5.91 Å². The van der Waals surface area contributed by atoms with E-state index in [1.807, 2.05) is 6.92 Å². The molecule has 1 unspecified atom stereocenters. The van der Waals surface area contributed by atoms with Crippen molar-refractivity contribution >= 4 is 33.3 Å². The first-order valence-electron chi connectivity index (χ1n) is 6.67. The van der Waals surface area contributed by atoms with Crippen LogP contribution < -0.4 is 5.32 Å². The minimum absolute atomic E-state index is 0.0983. The molecule has 1 amide bonds. The van der Waals surface area contributed by atoms with Crippen LogP contribution in [0.3, 0.4) is 0 Å². The quantitative estimate of drug-likeness (QED) is 0.859. The molecule has 0 radical (unpaired) electrons. The lowest BCUT2D eigenvalue weighted by Gasteiger charge is -2.12. The average Bonchev–Trinajstić information content (AvgIpc) is 2.81. The van der Waals surface area contributed by atoms with E-state index in [9.17, 15) is 14.0 Å². The number of rotatable bonds is 6. The fourth-order valence-corrected chi connectivity index (χ4v) is 3.00. The number of halogens is 1. The van der Waals surface area contributed by atoms with Gasteiger partial charge in [0.1, 0.15) is 5.82 Å². The molecule has 0 spiro atoms. The summed E-state index contributed by atoms with van der Waals surface area (Å²) in [6, 6.07) is 6.00. The van der Waals surface area contributed by atoms with Gasteiger partial charge in [-0.05, 0) is 49.4 Å². The molecule has 1 atom stereocenters. The van der Waals surface area contributed by atoms with Crippen molar-refractivity contribution in [1.82, 2.24) is 5.32 Å². The number of carbonyl (C=O) groups is 2. The van der Waals surface area contributed by atoms with Crippen LogP contribution in [0.15, 0.2) is 24.3 Å². The van der Waals surface area contributed by atoms with E-state index >= 15 is 0 Å². The third-order valence-corrected chi connectivity index (χ3v) is 4.22. The highest BCUT2D eigenvalue weighted by Gasteiger charge is 2.13. The zero-order valence-electron chi connectivity index (χ0n) is 11.6. The zero-order valence-corrected chi connectivity index (χ0v) is 12.4. The molecule has 2 aromatic rings. The second-order valence-electron chi connectivity index (χ2n) is 4.95.